The van der Waals surface area contributed by atoms with Crippen LogP contribution in [0.15, 0.2) is 42.5 Å². The molecule has 0 saturated heterocycles. The first-order valence-corrected chi connectivity index (χ1v) is 11.7. The molecule has 1 amide bonds. The molecule has 5 nitrogen and oxygen atoms in total. The number of carbonyl (C=O) groups excluding carboxylic acids is 1. The van der Waals surface area contributed by atoms with Crippen molar-refractivity contribution in [2.45, 2.75) is 32.2 Å². The molecule has 0 bridgehead atoms. The van der Waals surface area contributed by atoms with Crippen molar-refractivity contribution in [2.75, 3.05) is 22.0 Å². The van der Waals surface area contributed by atoms with Crippen molar-refractivity contribution < 1.29 is 13.2 Å². The van der Waals surface area contributed by atoms with E-state index in [9.17, 15) is 13.2 Å². The van der Waals surface area contributed by atoms with E-state index < -0.39 is 16.1 Å². The summed E-state index contributed by atoms with van der Waals surface area (Å²) >= 11 is 12.2. The van der Waals surface area contributed by atoms with Gasteiger partial charge in [-0.3, -0.25) is 9.10 Å². The lowest BCUT2D eigenvalue weighted by atomic mass is 10.0. The van der Waals surface area contributed by atoms with Crippen LogP contribution in [0.2, 0.25) is 10.0 Å². The number of sulfonamides is 1. The highest BCUT2D eigenvalue weighted by Crippen LogP contribution is 2.32. The third-order valence-corrected chi connectivity index (χ3v) is 6.41. The topological polar surface area (TPSA) is 57.7 Å². The van der Waals surface area contributed by atoms with E-state index in [2.05, 4.69) is 0 Å². The summed E-state index contributed by atoms with van der Waals surface area (Å²) in [6, 6.07) is 11.4. The maximum absolute atomic E-state index is 13.5. The molecule has 0 fully saturated rings. The van der Waals surface area contributed by atoms with Crippen molar-refractivity contribution >= 4 is 50.5 Å². The Labute approximate surface area is 175 Å². The number of rotatable bonds is 5. The largest absolute Gasteiger partial charge is 0.310 e. The predicted octanol–water partition coefficient (Wildman–Crippen LogP) is 4.52. The summed E-state index contributed by atoms with van der Waals surface area (Å²) in [7, 11) is -3.76. The molecule has 1 atom stereocenters. The smallest absolute Gasteiger partial charge is 0.250 e. The summed E-state index contributed by atoms with van der Waals surface area (Å²) in [5, 5.41) is 0.614. The third-order valence-electron chi connectivity index (χ3n) is 4.79. The number of fused-ring (bicyclic) bond motifs is 1. The van der Waals surface area contributed by atoms with Crippen LogP contribution in [0, 0.1) is 0 Å². The molecule has 1 unspecified atom stereocenters. The van der Waals surface area contributed by atoms with Crippen molar-refractivity contribution in [3.8, 4) is 0 Å². The molecule has 0 N–H and O–H groups in total. The van der Waals surface area contributed by atoms with Gasteiger partial charge in [-0.05, 0) is 49.1 Å². The Morgan fingerprint density at radius 1 is 1.18 bits per heavy atom. The molecule has 0 aliphatic carbocycles. The van der Waals surface area contributed by atoms with Gasteiger partial charge in [0.25, 0.3) is 5.91 Å². The number of para-hydroxylation sites is 1. The fourth-order valence-corrected chi connectivity index (χ4v) is 5.36. The van der Waals surface area contributed by atoms with Gasteiger partial charge in [0.2, 0.25) is 10.0 Å². The summed E-state index contributed by atoms with van der Waals surface area (Å²) in [4.78, 5) is 15.2. The Morgan fingerprint density at radius 3 is 2.43 bits per heavy atom. The van der Waals surface area contributed by atoms with Crippen LogP contribution in [0.25, 0.3) is 0 Å². The molecule has 1 heterocycles. The molecule has 3 rings (SSSR count). The zero-order valence-electron chi connectivity index (χ0n) is 15.7. The van der Waals surface area contributed by atoms with Crippen molar-refractivity contribution in [1.82, 2.24) is 0 Å². The quantitative estimate of drug-likeness (QED) is 0.686. The van der Waals surface area contributed by atoms with Crippen LogP contribution in [0.4, 0.5) is 11.4 Å². The van der Waals surface area contributed by atoms with E-state index in [-0.39, 0.29) is 11.6 Å². The number of amides is 1. The molecular formula is C20H22Cl2N2O3S. The maximum atomic E-state index is 13.5. The molecule has 1 aliphatic rings. The summed E-state index contributed by atoms with van der Waals surface area (Å²) < 4.78 is 26.4. The van der Waals surface area contributed by atoms with Crippen molar-refractivity contribution in [3.63, 3.8) is 0 Å². The van der Waals surface area contributed by atoms with Gasteiger partial charge in [-0.1, -0.05) is 48.3 Å². The molecule has 1 aliphatic heterocycles. The molecule has 0 aromatic heterocycles. The Kier molecular flexibility index (Phi) is 6.22. The molecule has 0 saturated carbocycles. The average Bonchev–Trinajstić information content (AvgIpc) is 2.63. The van der Waals surface area contributed by atoms with Crippen LogP contribution in [-0.2, 0) is 21.2 Å². The molecule has 2 aromatic carbocycles. The first kappa shape index (κ1) is 21.0. The number of nitrogens with zero attached hydrogens (tertiary/aromatic N) is 2. The third kappa shape index (κ3) is 4.29. The first-order valence-electron chi connectivity index (χ1n) is 9.07. The minimum absolute atomic E-state index is 0.254. The van der Waals surface area contributed by atoms with E-state index in [0.717, 1.165) is 34.7 Å². The minimum atomic E-state index is -3.76. The summed E-state index contributed by atoms with van der Waals surface area (Å²) in [5.41, 5.74) is 2.22. The summed E-state index contributed by atoms with van der Waals surface area (Å²) in [6.45, 7) is 2.35. The highest BCUT2D eigenvalue weighted by molar-refractivity contribution is 7.92. The second kappa shape index (κ2) is 8.31. The van der Waals surface area contributed by atoms with Crippen molar-refractivity contribution in [2.24, 2.45) is 0 Å². The van der Waals surface area contributed by atoms with Gasteiger partial charge in [0, 0.05) is 22.3 Å². The van der Waals surface area contributed by atoms with E-state index in [1.54, 1.807) is 11.8 Å². The van der Waals surface area contributed by atoms with Crippen LogP contribution in [0.5, 0.6) is 0 Å². The molecule has 8 heteroatoms. The highest BCUT2D eigenvalue weighted by Gasteiger charge is 2.36. The number of halogens is 2. The lowest BCUT2D eigenvalue weighted by Crippen LogP contribution is -2.52. The molecular weight excluding hydrogens is 419 g/mol. The van der Waals surface area contributed by atoms with Crippen LogP contribution in [0.1, 0.15) is 25.3 Å². The van der Waals surface area contributed by atoms with Crippen LogP contribution in [-0.4, -0.2) is 33.2 Å². The van der Waals surface area contributed by atoms with Gasteiger partial charge in [-0.2, -0.15) is 0 Å². The fraction of sp³-hybridized carbons (Fsp3) is 0.350. The predicted molar refractivity (Wildman–Crippen MR) is 115 cm³/mol. The van der Waals surface area contributed by atoms with Crippen LogP contribution < -0.4 is 9.21 Å². The standard InChI is InChI=1S/C20H22Cl2N2O3S/c1-3-18(20(25)23-10-6-8-14-7-4-5-9-19(14)23)24(28(2,26)27)17-12-15(21)11-16(22)13-17/h4-5,7,9,11-13,18H,3,6,8,10H2,1-2H3. The van der Waals surface area contributed by atoms with E-state index in [0.29, 0.717) is 23.0 Å². The van der Waals surface area contributed by atoms with Gasteiger partial charge < -0.3 is 4.90 Å². The molecule has 0 spiro atoms. The second-order valence-corrected chi connectivity index (χ2v) is 9.56. The monoisotopic (exact) mass is 440 g/mol. The number of hydrogen-bond donors (Lipinski definition) is 0. The van der Waals surface area contributed by atoms with Gasteiger partial charge >= 0.3 is 0 Å². The van der Waals surface area contributed by atoms with E-state index in [1.807, 2.05) is 24.3 Å². The zero-order chi connectivity index (χ0) is 20.5. The minimum Gasteiger partial charge on any atom is -0.310 e. The summed E-state index contributed by atoms with van der Waals surface area (Å²) in [5.74, 6) is -0.254. The van der Waals surface area contributed by atoms with Gasteiger partial charge in [0.05, 0.1) is 11.9 Å². The zero-order valence-corrected chi connectivity index (χ0v) is 18.1. The first-order chi connectivity index (χ1) is 13.2. The molecule has 2 aromatic rings. The van der Waals surface area contributed by atoms with Crippen LogP contribution in [0.3, 0.4) is 0 Å². The van der Waals surface area contributed by atoms with Gasteiger partial charge in [-0.15, -0.1) is 0 Å². The van der Waals surface area contributed by atoms with Crippen molar-refractivity contribution in [3.05, 3.63) is 58.1 Å². The maximum Gasteiger partial charge on any atom is 0.250 e. The van der Waals surface area contributed by atoms with E-state index >= 15 is 0 Å². The van der Waals surface area contributed by atoms with E-state index in [4.69, 9.17) is 23.2 Å². The number of hydrogen-bond acceptors (Lipinski definition) is 3. The fourth-order valence-electron chi connectivity index (χ4n) is 3.65. The summed E-state index contributed by atoms with van der Waals surface area (Å²) in [6.07, 6.45) is 3.13. The lowest BCUT2D eigenvalue weighted by Gasteiger charge is -2.36. The Balaban J connectivity index is 2.05. The Bertz CT molecular complexity index is 974. The number of carbonyl (C=O) groups is 1. The normalized spacial score (nSPS) is 15.1. The molecule has 0 radical (unpaired) electrons. The second-order valence-electron chi connectivity index (χ2n) is 6.83. The van der Waals surface area contributed by atoms with Gasteiger partial charge in [-0.25, -0.2) is 8.42 Å². The van der Waals surface area contributed by atoms with Gasteiger partial charge in [0.15, 0.2) is 0 Å². The number of benzene rings is 2. The van der Waals surface area contributed by atoms with E-state index in [1.165, 1.54) is 18.2 Å². The Hall–Kier alpha value is -1.76. The van der Waals surface area contributed by atoms with Gasteiger partial charge in [0.1, 0.15) is 6.04 Å². The Morgan fingerprint density at radius 2 is 1.82 bits per heavy atom. The lowest BCUT2D eigenvalue weighted by molar-refractivity contribution is -0.119. The SMILES string of the molecule is CCC(C(=O)N1CCCc2ccccc21)N(c1cc(Cl)cc(Cl)c1)S(C)(=O)=O. The number of aryl methyl sites for hydroxylation is 1. The van der Waals surface area contributed by atoms with Crippen molar-refractivity contribution in [1.29, 1.82) is 0 Å². The van der Waals surface area contributed by atoms with Crippen LogP contribution >= 0.6 is 23.2 Å². The average molecular weight is 441 g/mol. The highest BCUT2D eigenvalue weighted by atomic mass is 35.5. The number of anilines is 2. The molecule has 150 valence electrons. The molecule has 28 heavy (non-hydrogen) atoms.